The molecule has 0 radical (unpaired) electrons. The molecule has 0 aliphatic rings. The Kier molecular flexibility index (Phi) is 5.20. The van der Waals surface area contributed by atoms with E-state index >= 15 is 0 Å². The van der Waals surface area contributed by atoms with E-state index in [0.717, 1.165) is 6.07 Å². The second kappa shape index (κ2) is 7.13. The number of hydrogen-bond acceptors (Lipinski definition) is 2. The molecular weight excluding hydrogens is 314 g/mol. The lowest BCUT2D eigenvalue weighted by molar-refractivity contribution is -0.0501. The van der Waals surface area contributed by atoms with Gasteiger partial charge in [0.25, 0.3) is 5.91 Å². The number of carbonyl (C=O) groups excluding carboxylic acids is 1. The Hall–Kier alpha value is -2.57. The van der Waals surface area contributed by atoms with Gasteiger partial charge in [-0.15, -0.1) is 0 Å². The first-order chi connectivity index (χ1) is 10.9. The van der Waals surface area contributed by atoms with Crippen LogP contribution in [0.15, 0.2) is 42.5 Å². The van der Waals surface area contributed by atoms with Crippen molar-refractivity contribution in [1.82, 2.24) is 5.32 Å². The van der Waals surface area contributed by atoms with Crippen LogP contribution in [0.2, 0.25) is 0 Å². The Bertz CT molecular complexity index is 706. The number of hydrogen-bond donors (Lipinski definition) is 1. The first kappa shape index (κ1) is 16.8. The highest BCUT2D eigenvalue weighted by Gasteiger charge is 2.20. The Labute approximate surface area is 129 Å². The van der Waals surface area contributed by atoms with Gasteiger partial charge in [-0.3, -0.25) is 4.79 Å². The first-order valence-electron chi connectivity index (χ1n) is 6.68. The molecule has 0 spiro atoms. The van der Waals surface area contributed by atoms with Crippen LogP contribution in [0.25, 0.3) is 0 Å². The number of halogens is 4. The van der Waals surface area contributed by atoms with Crippen molar-refractivity contribution in [2.24, 2.45) is 0 Å². The summed E-state index contributed by atoms with van der Waals surface area (Å²) in [6.45, 7) is -1.63. The van der Waals surface area contributed by atoms with Crippen molar-refractivity contribution < 1.29 is 27.1 Å². The van der Waals surface area contributed by atoms with Gasteiger partial charge >= 0.3 is 6.61 Å². The Balaban J connectivity index is 2.20. The minimum absolute atomic E-state index is 0.0504. The number of carbonyl (C=O) groups is 1. The number of nitrogens with one attached hydrogen (secondary N) is 1. The van der Waals surface area contributed by atoms with E-state index in [1.807, 2.05) is 0 Å². The molecule has 2 aromatic rings. The van der Waals surface area contributed by atoms with Crippen LogP contribution in [-0.4, -0.2) is 12.5 Å². The number of benzene rings is 2. The predicted octanol–water partition coefficient (Wildman–Crippen LogP) is 4.06. The van der Waals surface area contributed by atoms with E-state index in [0.29, 0.717) is 0 Å². The molecule has 0 aliphatic carbocycles. The van der Waals surface area contributed by atoms with Crippen molar-refractivity contribution >= 4 is 5.91 Å². The fourth-order valence-corrected chi connectivity index (χ4v) is 2.06. The minimum Gasteiger partial charge on any atom is -0.434 e. The summed E-state index contributed by atoms with van der Waals surface area (Å²) in [5.74, 6) is -3.15. The second-order valence-electron chi connectivity index (χ2n) is 4.71. The zero-order valence-corrected chi connectivity index (χ0v) is 12.0. The maximum Gasteiger partial charge on any atom is 0.387 e. The van der Waals surface area contributed by atoms with Crippen LogP contribution < -0.4 is 10.1 Å². The Morgan fingerprint density at radius 3 is 2.48 bits per heavy atom. The van der Waals surface area contributed by atoms with Gasteiger partial charge in [-0.25, -0.2) is 8.78 Å². The van der Waals surface area contributed by atoms with Crippen LogP contribution in [0.4, 0.5) is 17.6 Å². The summed E-state index contributed by atoms with van der Waals surface area (Å²) in [6.07, 6.45) is 0. The molecule has 1 N–H and O–H groups in total. The van der Waals surface area contributed by atoms with Gasteiger partial charge in [-0.2, -0.15) is 8.78 Å². The number of ether oxygens (including phenoxy) is 1. The van der Waals surface area contributed by atoms with Crippen LogP contribution >= 0.6 is 0 Å². The minimum atomic E-state index is -3.08. The molecule has 2 aromatic carbocycles. The molecule has 122 valence electrons. The quantitative estimate of drug-likeness (QED) is 0.841. The van der Waals surface area contributed by atoms with Crippen LogP contribution in [0.5, 0.6) is 5.75 Å². The highest BCUT2D eigenvalue weighted by molar-refractivity contribution is 5.97. The number of para-hydroxylation sites is 1. The zero-order chi connectivity index (χ0) is 17.0. The standard InChI is InChI=1S/C16H13F4NO2/c1-9(10-6-4-7-12(17)14(10)18)21-15(22)11-5-2-3-8-13(11)23-16(19)20/h2-9,16H,1H3,(H,21,22). The molecule has 0 fully saturated rings. The summed E-state index contributed by atoms with van der Waals surface area (Å²) in [6, 6.07) is 8.15. The lowest BCUT2D eigenvalue weighted by Crippen LogP contribution is -2.28. The number of alkyl halides is 2. The van der Waals surface area contributed by atoms with Gasteiger partial charge in [0.15, 0.2) is 11.6 Å². The third-order valence-electron chi connectivity index (χ3n) is 3.14. The molecule has 0 heterocycles. The van der Waals surface area contributed by atoms with Crippen molar-refractivity contribution in [3.8, 4) is 5.75 Å². The Morgan fingerprint density at radius 2 is 1.78 bits per heavy atom. The molecule has 0 saturated carbocycles. The highest BCUT2D eigenvalue weighted by Crippen LogP contribution is 2.23. The van der Waals surface area contributed by atoms with E-state index in [4.69, 9.17) is 0 Å². The SMILES string of the molecule is CC(NC(=O)c1ccccc1OC(F)F)c1cccc(F)c1F. The number of amides is 1. The molecular formula is C16H13F4NO2. The molecule has 1 atom stereocenters. The maximum atomic E-state index is 13.7. The Morgan fingerprint density at radius 1 is 1.09 bits per heavy atom. The van der Waals surface area contributed by atoms with Gasteiger partial charge < -0.3 is 10.1 Å². The number of rotatable bonds is 5. The summed E-state index contributed by atoms with van der Waals surface area (Å²) in [5.41, 5.74) is -0.179. The summed E-state index contributed by atoms with van der Waals surface area (Å²) >= 11 is 0. The average molecular weight is 327 g/mol. The summed E-state index contributed by atoms with van der Waals surface area (Å²) in [7, 11) is 0. The molecule has 23 heavy (non-hydrogen) atoms. The molecule has 0 aliphatic heterocycles. The molecule has 7 heteroatoms. The predicted molar refractivity (Wildman–Crippen MR) is 75.3 cm³/mol. The van der Waals surface area contributed by atoms with E-state index in [1.165, 1.54) is 43.3 Å². The van der Waals surface area contributed by atoms with E-state index < -0.39 is 30.2 Å². The molecule has 0 aromatic heterocycles. The monoisotopic (exact) mass is 327 g/mol. The molecule has 0 bridgehead atoms. The van der Waals surface area contributed by atoms with Crippen LogP contribution in [0.1, 0.15) is 28.9 Å². The van der Waals surface area contributed by atoms with Gasteiger partial charge in [0.1, 0.15) is 5.75 Å². The summed E-state index contributed by atoms with van der Waals surface area (Å²) in [4.78, 5) is 12.2. The normalized spacial score (nSPS) is 12.1. The zero-order valence-electron chi connectivity index (χ0n) is 12.0. The molecule has 1 amide bonds. The maximum absolute atomic E-state index is 13.7. The van der Waals surface area contributed by atoms with Crippen molar-refractivity contribution in [3.63, 3.8) is 0 Å². The lowest BCUT2D eigenvalue weighted by atomic mass is 10.1. The van der Waals surface area contributed by atoms with Crippen molar-refractivity contribution in [1.29, 1.82) is 0 Å². The van der Waals surface area contributed by atoms with Crippen LogP contribution in [-0.2, 0) is 0 Å². The second-order valence-corrected chi connectivity index (χ2v) is 4.71. The smallest absolute Gasteiger partial charge is 0.387 e. The summed E-state index contributed by atoms with van der Waals surface area (Å²) < 4.78 is 55.9. The average Bonchev–Trinajstić information content (AvgIpc) is 2.49. The fraction of sp³-hybridized carbons (Fsp3) is 0.188. The van der Waals surface area contributed by atoms with Crippen LogP contribution in [0, 0.1) is 11.6 Å². The van der Waals surface area contributed by atoms with E-state index in [1.54, 1.807) is 0 Å². The first-order valence-corrected chi connectivity index (χ1v) is 6.68. The highest BCUT2D eigenvalue weighted by atomic mass is 19.3. The van der Waals surface area contributed by atoms with Gasteiger partial charge in [0, 0.05) is 5.56 Å². The third kappa shape index (κ3) is 4.00. The van der Waals surface area contributed by atoms with Crippen molar-refractivity contribution in [2.45, 2.75) is 19.6 Å². The van der Waals surface area contributed by atoms with E-state index in [2.05, 4.69) is 10.1 Å². The van der Waals surface area contributed by atoms with Crippen LogP contribution in [0.3, 0.4) is 0 Å². The fourth-order valence-electron chi connectivity index (χ4n) is 2.06. The van der Waals surface area contributed by atoms with Crippen molar-refractivity contribution in [2.75, 3.05) is 0 Å². The molecule has 0 saturated heterocycles. The molecule has 3 nitrogen and oxygen atoms in total. The van der Waals surface area contributed by atoms with Crippen molar-refractivity contribution in [3.05, 3.63) is 65.2 Å². The summed E-state index contributed by atoms with van der Waals surface area (Å²) in [5, 5.41) is 2.42. The third-order valence-corrected chi connectivity index (χ3v) is 3.14. The largest absolute Gasteiger partial charge is 0.434 e. The van der Waals surface area contributed by atoms with Gasteiger partial charge in [0.05, 0.1) is 11.6 Å². The van der Waals surface area contributed by atoms with E-state index in [9.17, 15) is 22.4 Å². The lowest BCUT2D eigenvalue weighted by Gasteiger charge is -2.17. The van der Waals surface area contributed by atoms with Gasteiger partial charge in [0.2, 0.25) is 0 Å². The van der Waals surface area contributed by atoms with Gasteiger partial charge in [-0.1, -0.05) is 24.3 Å². The topological polar surface area (TPSA) is 38.3 Å². The molecule has 2 rings (SSSR count). The van der Waals surface area contributed by atoms with Gasteiger partial charge in [-0.05, 0) is 25.1 Å². The van der Waals surface area contributed by atoms with E-state index in [-0.39, 0.29) is 16.9 Å². The molecule has 1 unspecified atom stereocenters.